The summed E-state index contributed by atoms with van der Waals surface area (Å²) in [7, 11) is 1.46. The summed E-state index contributed by atoms with van der Waals surface area (Å²) in [6, 6.07) is 15.8. The Bertz CT molecular complexity index is 751. The van der Waals surface area contributed by atoms with E-state index >= 15 is 0 Å². The molecule has 2 amide bonds. The van der Waals surface area contributed by atoms with Gasteiger partial charge in [-0.15, -0.1) is 6.42 Å². The number of hydrogen-bond donors (Lipinski definition) is 2. The first-order valence-electron chi connectivity index (χ1n) is 7.36. The number of carbonyl (C=O) groups is 2. The second kappa shape index (κ2) is 8.51. The third-order valence-corrected chi connectivity index (χ3v) is 3.36. The fourth-order valence-electron chi connectivity index (χ4n) is 2.24. The van der Waals surface area contributed by atoms with Crippen LogP contribution >= 0.6 is 0 Å². The topological polar surface area (TPSA) is 67.4 Å². The van der Waals surface area contributed by atoms with Gasteiger partial charge >= 0.3 is 0 Å². The Morgan fingerprint density at radius 3 is 2.46 bits per heavy atom. The number of para-hydroxylation sites is 1. The highest BCUT2D eigenvalue weighted by Crippen LogP contribution is 2.21. The van der Waals surface area contributed by atoms with Crippen molar-refractivity contribution in [1.29, 1.82) is 0 Å². The molecule has 5 nitrogen and oxygen atoms in total. The summed E-state index contributed by atoms with van der Waals surface area (Å²) < 4.78 is 5.30. The fraction of sp³-hybridized carbons (Fsp3) is 0.158. The van der Waals surface area contributed by atoms with Crippen LogP contribution in [-0.4, -0.2) is 25.5 Å². The molecule has 1 unspecified atom stereocenters. The predicted molar refractivity (Wildman–Crippen MR) is 92.4 cm³/mol. The predicted octanol–water partition coefficient (Wildman–Crippen LogP) is 2.38. The number of benzene rings is 2. The van der Waals surface area contributed by atoms with Crippen molar-refractivity contribution in [3.8, 4) is 12.3 Å². The Morgan fingerprint density at radius 2 is 1.79 bits per heavy atom. The number of terminal acetylenes is 1. The molecule has 0 aliphatic heterocycles. The van der Waals surface area contributed by atoms with Gasteiger partial charge in [-0.25, -0.2) is 0 Å². The minimum Gasteiger partial charge on any atom is -0.367 e. The largest absolute Gasteiger partial charge is 0.367 e. The first kappa shape index (κ1) is 17.3. The van der Waals surface area contributed by atoms with Gasteiger partial charge in [0.25, 0.3) is 11.8 Å². The molecular formula is C19H18N2O3. The zero-order chi connectivity index (χ0) is 17.4. The van der Waals surface area contributed by atoms with E-state index in [4.69, 9.17) is 11.2 Å². The first-order chi connectivity index (χ1) is 11.7. The molecule has 24 heavy (non-hydrogen) atoms. The molecule has 0 fully saturated rings. The summed E-state index contributed by atoms with van der Waals surface area (Å²) in [5.74, 6) is 1.63. The van der Waals surface area contributed by atoms with E-state index in [9.17, 15) is 9.59 Å². The monoisotopic (exact) mass is 322 g/mol. The Kier molecular flexibility index (Phi) is 6.12. The highest BCUT2D eigenvalue weighted by atomic mass is 16.5. The fourth-order valence-corrected chi connectivity index (χ4v) is 2.24. The van der Waals surface area contributed by atoms with Crippen molar-refractivity contribution in [2.75, 3.05) is 19.0 Å². The van der Waals surface area contributed by atoms with Crippen molar-refractivity contribution in [2.45, 2.75) is 6.10 Å². The average molecular weight is 322 g/mol. The lowest BCUT2D eigenvalue weighted by Crippen LogP contribution is -2.27. The average Bonchev–Trinajstić information content (AvgIpc) is 2.61. The maximum Gasteiger partial charge on any atom is 0.258 e. The Morgan fingerprint density at radius 1 is 1.12 bits per heavy atom. The van der Waals surface area contributed by atoms with Gasteiger partial charge in [0.1, 0.15) is 0 Å². The van der Waals surface area contributed by atoms with Gasteiger partial charge in [0, 0.05) is 7.11 Å². The third kappa shape index (κ3) is 4.22. The van der Waals surface area contributed by atoms with Gasteiger partial charge in [0.05, 0.1) is 17.8 Å². The van der Waals surface area contributed by atoms with Crippen molar-refractivity contribution in [1.82, 2.24) is 5.32 Å². The first-order valence-corrected chi connectivity index (χ1v) is 7.36. The second-order valence-electron chi connectivity index (χ2n) is 4.95. The Hall–Kier alpha value is -3.10. The molecule has 0 radical (unpaired) electrons. The van der Waals surface area contributed by atoms with Crippen molar-refractivity contribution in [2.24, 2.45) is 0 Å². The van der Waals surface area contributed by atoms with Crippen LogP contribution in [0.15, 0.2) is 54.6 Å². The summed E-state index contributed by atoms with van der Waals surface area (Å²) in [6.07, 6.45) is 4.37. The number of ether oxygens (including phenoxy) is 1. The number of rotatable bonds is 6. The number of anilines is 1. The van der Waals surface area contributed by atoms with Crippen molar-refractivity contribution in [3.05, 3.63) is 65.7 Å². The van der Waals surface area contributed by atoms with Crippen LogP contribution in [-0.2, 0) is 9.53 Å². The van der Waals surface area contributed by atoms with E-state index in [1.165, 1.54) is 7.11 Å². The van der Waals surface area contributed by atoms with Gasteiger partial charge in [-0.1, -0.05) is 48.4 Å². The van der Waals surface area contributed by atoms with Crippen LogP contribution in [0.1, 0.15) is 22.0 Å². The molecule has 2 rings (SSSR count). The van der Waals surface area contributed by atoms with Gasteiger partial charge in [-0.2, -0.15) is 0 Å². The Labute approximate surface area is 141 Å². The molecule has 2 N–H and O–H groups in total. The molecule has 0 bridgehead atoms. The van der Waals surface area contributed by atoms with Crippen LogP contribution in [0.5, 0.6) is 0 Å². The van der Waals surface area contributed by atoms with Crippen LogP contribution in [0.4, 0.5) is 5.69 Å². The molecule has 1 atom stereocenters. The highest BCUT2D eigenvalue weighted by molar-refractivity contribution is 6.04. The zero-order valence-corrected chi connectivity index (χ0v) is 13.3. The van der Waals surface area contributed by atoms with Crippen molar-refractivity contribution < 1.29 is 14.3 Å². The van der Waals surface area contributed by atoms with Gasteiger partial charge in [-0.3, -0.25) is 9.59 Å². The maximum atomic E-state index is 12.5. The molecule has 0 spiro atoms. The number of amides is 2. The molecule has 0 heterocycles. The minimum atomic E-state index is -0.770. The van der Waals surface area contributed by atoms with Crippen LogP contribution in [0.25, 0.3) is 0 Å². The summed E-state index contributed by atoms with van der Waals surface area (Å²) in [4.78, 5) is 24.7. The lowest BCUT2D eigenvalue weighted by Gasteiger charge is -2.17. The molecule has 0 aromatic heterocycles. The summed E-state index contributed by atoms with van der Waals surface area (Å²) >= 11 is 0. The highest BCUT2D eigenvalue weighted by Gasteiger charge is 2.21. The van der Waals surface area contributed by atoms with Gasteiger partial charge in [-0.05, 0) is 17.7 Å². The second-order valence-corrected chi connectivity index (χ2v) is 4.95. The minimum absolute atomic E-state index is 0.117. The zero-order valence-electron chi connectivity index (χ0n) is 13.3. The van der Waals surface area contributed by atoms with E-state index in [2.05, 4.69) is 16.6 Å². The quantitative estimate of drug-likeness (QED) is 0.803. The van der Waals surface area contributed by atoms with Gasteiger partial charge < -0.3 is 15.4 Å². The summed E-state index contributed by atoms with van der Waals surface area (Å²) in [5, 5.41) is 5.32. The third-order valence-electron chi connectivity index (χ3n) is 3.36. The summed E-state index contributed by atoms with van der Waals surface area (Å²) in [5.41, 5.74) is 1.46. The molecule has 0 saturated heterocycles. The Balaban J connectivity index is 2.20. The van der Waals surface area contributed by atoms with Crippen LogP contribution < -0.4 is 10.6 Å². The standard InChI is InChI=1S/C19H18N2O3/c1-3-13-20-18(22)15-11-7-8-12-16(15)21-19(23)17(24-2)14-9-5-4-6-10-14/h1,4-12,17H,13H2,2H3,(H,20,22)(H,21,23). The molecule has 0 saturated carbocycles. The molecule has 0 aliphatic carbocycles. The summed E-state index contributed by atoms with van der Waals surface area (Å²) in [6.45, 7) is 0.117. The van der Waals surface area contributed by atoms with E-state index < -0.39 is 6.10 Å². The number of nitrogens with one attached hydrogen (secondary N) is 2. The van der Waals surface area contributed by atoms with E-state index in [0.29, 0.717) is 11.3 Å². The number of hydrogen-bond acceptors (Lipinski definition) is 3. The van der Waals surface area contributed by atoms with E-state index in [-0.39, 0.29) is 18.4 Å². The molecule has 2 aromatic carbocycles. The van der Waals surface area contributed by atoms with E-state index in [1.807, 2.05) is 18.2 Å². The van der Waals surface area contributed by atoms with Gasteiger partial charge in [0.2, 0.25) is 0 Å². The SMILES string of the molecule is C#CCNC(=O)c1ccccc1NC(=O)C(OC)c1ccccc1. The maximum absolute atomic E-state index is 12.5. The molecule has 2 aromatic rings. The van der Waals surface area contributed by atoms with Crippen molar-refractivity contribution >= 4 is 17.5 Å². The number of carbonyl (C=O) groups excluding carboxylic acids is 2. The molecule has 0 aliphatic rings. The smallest absolute Gasteiger partial charge is 0.258 e. The van der Waals surface area contributed by atoms with Crippen LogP contribution in [0.3, 0.4) is 0 Å². The molecular weight excluding hydrogens is 304 g/mol. The van der Waals surface area contributed by atoms with Crippen molar-refractivity contribution in [3.63, 3.8) is 0 Å². The normalized spacial score (nSPS) is 11.2. The van der Waals surface area contributed by atoms with Gasteiger partial charge in [0.15, 0.2) is 6.10 Å². The number of methoxy groups -OCH3 is 1. The van der Waals surface area contributed by atoms with E-state index in [0.717, 1.165) is 5.56 Å². The lowest BCUT2D eigenvalue weighted by molar-refractivity contribution is -0.126. The van der Waals surface area contributed by atoms with Crippen LogP contribution in [0.2, 0.25) is 0 Å². The van der Waals surface area contributed by atoms with E-state index in [1.54, 1.807) is 36.4 Å². The van der Waals surface area contributed by atoms with Crippen LogP contribution in [0, 0.1) is 12.3 Å². The molecule has 5 heteroatoms. The molecule has 122 valence electrons. The lowest BCUT2D eigenvalue weighted by atomic mass is 10.1.